The second-order valence-electron chi connectivity index (χ2n) is 8.65. The van der Waals surface area contributed by atoms with E-state index in [0.717, 1.165) is 34.6 Å². The fourth-order valence-electron chi connectivity index (χ4n) is 4.62. The Kier molecular flexibility index (Phi) is 3.80. The number of allylic oxidation sites excluding steroid dienone is 1. The molecular formula is C25H24N2O. The Balaban J connectivity index is 1.76. The van der Waals surface area contributed by atoms with Gasteiger partial charge in [0.15, 0.2) is 5.78 Å². The van der Waals surface area contributed by atoms with Crippen molar-refractivity contribution in [3.8, 4) is 0 Å². The summed E-state index contributed by atoms with van der Waals surface area (Å²) in [6.45, 7) is 4.35. The predicted molar refractivity (Wildman–Crippen MR) is 115 cm³/mol. The highest BCUT2D eigenvalue weighted by molar-refractivity contribution is 6.02. The van der Waals surface area contributed by atoms with Gasteiger partial charge >= 0.3 is 0 Å². The molecule has 0 radical (unpaired) electrons. The molecule has 140 valence electrons. The molecule has 0 unspecified atom stereocenters. The molecule has 0 fully saturated rings. The summed E-state index contributed by atoms with van der Waals surface area (Å²) in [5.41, 5.74) is 5.11. The van der Waals surface area contributed by atoms with Gasteiger partial charge in [0.1, 0.15) is 0 Å². The molecule has 0 saturated heterocycles. The number of ketones is 1. The molecule has 28 heavy (non-hydrogen) atoms. The standard InChI is InChI=1S/C25H24N2O/c1-25(2)14-21-23(22(28)15-25)24(27-20-13-6-5-12-19(20)26-21)18-11-7-9-16-8-3-4-10-17(16)18/h3-13,24,26-27H,14-15H2,1-2H3/t24-/m0/s1. The van der Waals surface area contributed by atoms with E-state index in [-0.39, 0.29) is 17.2 Å². The van der Waals surface area contributed by atoms with E-state index >= 15 is 0 Å². The van der Waals surface area contributed by atoms with E-state index in [1.165, 1.54) is 10.8 Å². The SMILES string of the molecule is CC1(C)CC(=O)C2=C(C1)Nc1ccccc1N[C@H]2c1cccc2ccccc12. The summed E-state index contributed by atoms with van der Waals surface area (Å²) < 4.78 is 0. The average Bonchev–Trinajstić information content (AvgIpc) is 2.83. The zero-order valence-corrected chi connectivity index (χ0v) is 16.3. The van der Waals surface area contributed by atoms with Crippen LogP contribution in [0.3, 0.4) is 0 Å². The molecule has 3 aromatic rings. The second kappa shape index (κ2) is 6.23. The molecule has 0 saturated carbocycles. The van der Waals surface area contributed by atoms with Gasteiger partial charge in [-0.1, -0.05) is 68.4 Å². The minimum atomic E-state index is -0.166. The van der Waals surface area contributed by atoms with Gasteiger partial charge in [-0.3, -0.25) is 4.79 Å². The number of Topliss-reactive ketones (excluding diaryl/α,β-unsaturated/α-hetero) is 1. The van der Waals surface area contributed by atoms with Crippen molar-refractivity contribution >= 4 is 27.9 Å². The van der Waals surface area contributed by atoms with E-state index in [2.05, 4.69) is 79.1 Å². The Hall–Kier alpha value is -3.07. The van der Waals surface area contributed by atoms with Gasteiger partial charge in [-0.05, 0) is 40.3 Å². The molecular weight excluding hydrogens is 344 g/mol. The van der Waals surface area contributed by atoms with Crippen LogP contribution < -0.4 is 10.6 Å². The van der Waals surface area contributed by atoms with Gasteiger partial charge in [-0.2, -0.15) is 0 Å². The first-order valence-corrected chi connectivity index (χ1v) is 9.88. The van der Waals surface area contributed by atoms with Gasteiger partial charge in [-0.25, -0.2) is 0 Å². The van der Waals surface area contributed by atoms with E-state index in [4.69, 9.17) is 0 Å². The molecule has 1 heterocycles. The molecule has 0 bridgehead atoms. The highest BCUT2D eigenvalue weighted by Crippen LogP contribution is 2.46. The van der Waals surface area contributed by atoms with Gasteiger partial charge in [0.2, 0.25) is 0 Å². The Morgan fingerprint density at radius 1 is 0.857 bits per heavy atom. The third-order valence-corrected chi connectivity index (χ3v) is 5.86. The van der Waals surface area contributed by atoms with Gasteiger partial charge in [0, 0.05) is 17.7 Å². The predicted octanol–water partition coefficient (Wildman–Crippen LogP) is 6.06. The Morgan fingerprint density at radius 2 is 1.57 bits per heavy atom. The second-order valence-corrected chi connectivity index (χ2v) is 8.65. The van der Waals surface area contributed by atoms with Crippen molar-refractivity contribution < 1.29 is 4.79 Å². The number of hydrogen-bond donors (Lipinski definition) is 2. The summed E-state index contributed by atoms with van der Waals surface area (Å²) in [4.78, 5) is 13.3. The highest BCUT2D eigenvalue weighted by atomic mass is 16.1. The van der Waals surface area contributed by atoms with E-state index < -0.39 is 0 Å². The summed E-state index contributed by atoms with van der Waals surface area (Å²) in [6, 6.07) is 22.8. The highest BCUT2D eigenvalue weighted by Gasteiger charge is 2.38. The van der Waals surface area contributed by atoms with Crippen LogP contribution >= 0.6 is 0 Å². The zero-order valence-electron chi connectivity index (χ0n) is 16.3. The summed E-state index contributed by atoms with van der Waals surface area (Å²) in [5.74, 6) is 0.233. The molecule has 0 aromatic heterocycles. The van der Waals surface area contributed by atoms with Crippen molar-refractivity contribution in [1.82, 2.24) is 0 Å². The third-order valence-electron chi connectivity index (χ3n) is 5.86. The van der Waals surface area contributed by atoms with Crippen molar-refractivity contribution in [3.05, 3.63) is 83.6 Å². The van der Waals surface area contributed by atoms with Crippen LogP contribution in [0.1, 0.15) is 38.3 Å². The van der Waals surface area contributed by atoms with Crippen LogP contribution in [-0.4, -0.2) is 5.78 Å². The fourth-order valence-corrected chi connectivity index (χ4v) is 4.62. The van der Waals surface area contributed by atoms with Gasteiger partial charge in [0.05, 0.1) is 17.4 Å². The number of carbonyl (C=O) groups is 1. The van der Waals surface area contributed by atoms with Crippen LogP contribution in [0.5, 0.6) is 0 Å². The lowest BCUT2D eigenvalue weighted by atomic mass is 9.73. The van der Waals surface area contributed by atoms with Crippen molar-refractivity contribution in [2.45, 2.75) is 32.7 Å². The molecule has 3 nitrogen and oxygen atoms in total. The molecule has 1 atom stereocenters. The minimum absolute atomic E-state index is 0.0362. The molecule has 3 heteroatoms. The van der Waals surface area contributed by atoms with Crippen molar-refractivity contribution in [3.63, 3.8) is 0 Å². The van der Waals surface area contributed by atoms with Crippen LogP contribution in [0.15, 0.2) is 78.0 Å². The maximum atomic E-state index is 13.3. The van der Waals surface area contributed by atoms with Crippen molar-refractivity contribution in [2.24, 2.45) is 5.41 Å². The van der Waals surface area contributed by atoms with Crippen LogP contribution in [0.4, 0.5) is 11.4 Å². The normalized spacial score (nSPS) is 20.6. The Morgan fingerprint density at radius 3 is 2.43 bits per heavy atom. The summed E-state index contributed by atoms with van der Waals surface area (Å²) in [7, 11) is 0. The molecule has 2 N–H and O–H groups in total. The molecule has 2 aliphatic rings. The number of anilines is 2. The Bertz CT molecular complexity index is 1120. The average molecular weight is 368 g/mol. The number of carbonyl (C=O) groups excluding carboxylic acids is 1. The minimum Gasteiger partial charge on any atom is -0.372 e. The molecule has 1 aliphatic carbocycles. The first-order valence-electron chi connectivity index (χ1n) is 9.88. The van der Waals surface area contributed by atoms with E-state index in [1.807, 2.05) is 12.1 Å². The van der Waals surface area contributed by atoms with Gasteiger partial charge < -0.3 is 10.6 Å². The quantitative estimate of drug-likeness (QED) is 0.548. The number of hydrogen-bond acceptors (Lipinski definition) is 3. The van der Waals surface area contributed by atoms with Crippen molar-refractivity contribution in [2.75, 3.05) is 10.6 Å². The maximum Gasteiger partial charge on any atom is 0.163 e. The first kappa shape index (κ1) is 17.1. The van der Waals surface area contributed by atoms with E-state index in [1.54, 1.807) is 0 Å². The van der Waals surface area contributed by atoms with Gasteiger partial charge in [0.25, 0.3) is 0 Å². The number of nitrogens with one attached hydrogen (secondary N) is 2. The fraction of sp³-hybridized carbons (Fsp3) is 0.240. The molecule has 3 aromatic carbocycles. The number of para-hydroxylation sites is 2. The number of benzene rings is 3. The summed E-state index contributed by atoms with van der Waals surface area (Å²) in [6.07, 6.45) is 1.44. The maximum absolute atomic E-state index is 13.3. The first-order chi connectivity index (χ1) is 13.5. The van der Waals surface area contributed by atoms with Gasteiger partial charge in [-0.15, -0.1) is 0 Å². The number of rotatable bonds is 1. The van der Waals surface area contributed by atoms with Crippen LogP contribution in [0.2, 0.25) is 0 Å². The Labute approximate surface area is 165 Å². The topological polar surface area (TPSA) is 41.1 Å². The molecule has 0 spiro atoms. The van der Waals surface area contributed by atoms with Crippen LogP contribution in [0, 0.1) is 5.41 Å². The van der Waals surface area contributed by atoms with Crippen molar-refractivity contribution in [1.29, 1.82) is 0 Å². The van der Waals surface area contributed by atoms with E-state index in [0.29, 0.717) is 6.42 Å². The summed E-state index contributed by atoms with van der Waals surface area (Å²) in [5, 5.41) is 9.65. The van der Waals surface area contributed by atoms with E-state index in [9.17, 15) is 4.79 Å². The zero-order chi connectivity index (χ0) is 19.3. The monoisotopic (exact) mass is 368 g/mol. The number of fused-ring (bicyclic) bond motifs is 2. The molecule has 1 aliphatic heterocycles. The lowest BCUT2D eigenvalue weighted by Crippen LogP contribution is -2.31. The summed E-state index contributed by atoms with van der Waals surface area (Å²) >= 11 is 0. The lowest BCUT2D eigenvalue weighted by Gasteiger charge is -2.34. The molecule has 5 rings (SSSR count). The molecule has 0 amide bonds. The lowest BCUT2D eigenvalue weighted by molar-refractivity contribution is -0.118. The third kappa shape index (κ3) is 2.78. The van der Waals surface area contributed by atoms with Crippen LogP contribution in [0.25, 0.3) is 10.8 Å². The smallest absolute Gasteiger partial charge is 0.163 e. The van der Waals surface area contributed by atoms with Crippen LogP contribution in [-0.2, 0) is 4.79 Å². The largest absolute Gasteiger partial charge is 0.372 e.